The van der Waals surface area contributed by atoms with Crippen LogP contribution >= 0.6 is 11.3 Å². The van der Waals surface area contributed by atoms with Crippen LogP contribution in [-0.4, -0.2) is 21.9 Å². The molecule has 0 aliphatic rings. The zero-order valence-electron chi connectivity index (χ0n) is 17.7. The van der Waals surface area contributed by atoms with Gasteiger partial charge in [-0.15, -0.1) is 11.3 Å². The van der Waals surface area contributed by atoms with Crippen LogP contribution in [0, 0.1) is 12.7 Å². The van der Waals surface area contributed by atoms with Crippen LogP contribution in [0.4, 0.5) is 4.39 Å². The van der Waals surface area contributed by atoms with E-state index < -0.39 is 5.97 Å². The quantitative estimate of drug-likeness (QED) is 0.369. The number of aromatic carboxylic acids is 1. The topological polar surface area (TPSA) is 57.6 Å². The molecular weight excluding hydrogens is 425 g/mol. The van der Waals surface area contributed by atoms with Crippen molar-refractivity contribution in [3.05, 3.63) is 106 Å². The number of carbonyl (C=O) groups is 2. The van der Waals surface area contributed by atoms with Crippen molar-refractivity contribution in [2.45, 2.75) is 26.4 Å². The molecule has 4 aromatic rings. The molecule has 0 aliphatic carbocycles. The molecule has 1 N–H and O–H groups in total. The first-order valence-corrected chi connectivity index (χ1v) is 11.0. The predicted octanol–water partition coefficient (Wildman–Crippen LogP) is 6.45. The number of hydrogen-bond donors (Lipinski definition) is 1. The highest BCUT2D eigenvalue weighted by molar-refractivity contribution is 7.21. The predicted molar refractivity (Wildman–Crippen MR) is 125 cm³/mol. The molecule has 1 aromatic heterocycles. The average Bonchev–Trinajstić information content (AvgIpc) is 3.14. The van der Waals surface area contributed by atoms with Gasteiger partial charge in [0, 0.05) is 11.2 Å². The van der Waals surface area contributed by atoms with Crippen LogP contribution < -0.4 is 0 Å². The normalized spacial score (nSPS) is 12.0. The summed E-state index contributed by atoms with van der Waals surface area (Å²) in [4.78, 5) is 27.6. The molecule has 4 rings (SSSR count). The minimum Gasteiger partial charge on any atom is -0.478 e. The number of fused-ring (bicyclic) bond motifs is 1. The second-order valence-corrected chi connectivity index (χ2v) is 8.77. The van der Waals surface area contributed by atoms with Crippen LogP contribution in [0.5, 0.6) is 0 Å². The lowest BCUT2D eigenvalue weighted by Gasteiger charge is -2.30. The smallest absolute Gasteiger partial charge is 0.335 e. The maximum absolute atomic E-state index is 13.8. The maximum Gasteiger partial charge on any atom is 0.335 e. The number of aryl methyl sites for hydroxylation is 1. The Morgan fingerprint density at radius 2 is 1.75 bits per heavy atom. The summed E-state index contributed by atoms with van der Waals surface area (Å²) in [6, 6.07) is 20.2. The van der Waals surface area contributed by atoms with Crippen molar-refractivity contribution in [1.29, 1.82) is 0 Å². The first-order chi connectivity index (χ1) is 15.3. The van der Waals surface area contributed by atoms with Crippen molar-refractivity contribution in [2.24, 2.45) is 0 Å². The van der Waals surface area contributed by atoms with E-state index in [4.69, 9.17) is 0 Å². The third kappa shape index (κ3) is 4.27. The van der Waals surface area contributed by atoms with Crippen LogP contribution in [0.15, 0.2) is 72.8 Å². The van der Waals surface area contributed by atoms with Crippen LogP contribution in [0.2, 0.25) is 0 Å². The number of carboxylic acid groups (broad SMARTS) is 1. The van der Waals surface area contributed by atoms with Gasteiger partial charge in [0.25, 0.3) is 5.91 Å². The summed E-state index contributed by atoms with van der Waals surface area (Å²) in [6.07, 6.45) is 0. The zero-order chi connectivity index (χ0) is 22.8. The van der Waals surface area contributed by atoms with E-state index in [-0.39, 0.29) is 29.9 Å². The van der Waals surface area contributed by atoms with Crippen molar-refractivity contribution in [1.82, 2.24) is 4.90 Å². The molecule has 162 valence electrons. The van der Waals surface area contributed by atoms with Crippen molar-refractivity contribution in [3.63, 3.8) is 0 Å². The van der Waals surface area contributed by atoms with Crippen molar-refractivity contribution >= 4 is 33.3 Å². The van der Waals surface area contributed by atoms with Crippen LogP contribution in [0.3, 0.4) is 0 Å². The highest BCUT2D eigenvalue weighted by Crippen LogP contribution is 2.34. The Kier molecular flexibility index (Phi) is 6.06. The fraction of sp³-hybridized carbons (Fsp3) is 0.154. The third-order valence-corrected chi connectivity index (χ3v) is 6.91. The van der Waals surface area contributed by atoms with Crippen LogP contribution in [0.25, 0.3) is 10.1 Å². The lowest BCUT2D eigenvalue weighted by atomic mass is 10.0. The SMILES string of the molecule is Cc1c(C(=O)N(Cc2cccc(C(=O)O)c2)[C@H](C)c2ccc(F)cc2)sc2ccccc12. The number of carboxylic acids is 1. The first-order valence-electron chi connectivity index (χ1n) is 10.2. The molecule has 0 spiro atoms. The monoisotopic (exact) mass is 447 g/mol. The largest absolute Gasteiger partial charge is 0.478 e. The second-order valence-electron chi connectivity index (χ2n) is 7.72. The Bertz CT molecular complexity index is 1300. The van der Waals surface area contributed by atoms with Crippen LogP contribution in [-0.2, 0) is 6.54 Å². The summed E-state index contributed by atoms with van der Waals surface area (Å²) < 4.78 is 14.5. The highest BCUT2D eigenvalue weighted by Gasteiger charge is 2.27. The fourth-order valence-corrected chi connectivity index (χ4v) is 4.98. The van der Waals surface area contributed by atoms with Crippen molar-refractivity contribution in [2.75, 3.05) is 0 Å². The van der Waals surface area contributed by atoms with Gasteiger partial charge in [0.05, 0.1) is 16.5 Å². The summed E-state index contributed by atoms with van der Waals surface area (Å²) in [5.41, 5.74) is 2.60. The van der Waals surface area contributed by atoms with Gasteiger partial charge in [0.1, 0.15) is 5.82 Å². The number of halogens is 1. The van der Waals surface area contributed by atoms with Gasteiger partial charge in [-0.1, -0.05) is 42.5 Å². The number of benzene rings is 3. The molecule has 3 aromatic carbocycles. The van der Waals surface area contributed by atoms with Gasteiger partial charge in [0.15, 0.2) is 0 Å². The number of carbonyl (C=O) groups excluding carboxylic acids is 1. The van der Waals surface area contributed by atoms with Gasteiger partial charge in [0.2, 0.25) is 0 Å². The van der Waals surface area contributed by atoms with Gasteiger partial charge in [-0.05, 0) is 66.3 Å². The second kappa shape index (κ2) is 8.93. The van der Waals surface area contributed by atoms with E-state index >= 15 is 0 Å². The van der Waals surface area contributed by atoms with E-state index in [1.165, 1.54) is 29.5 Å². The zero-order valence-corrected chi connectivity index (χ0v) is 18.5. The number of nitrogens with zero attached hydrogens (tertiary/aromatic N) is 1. The van der Waals surface area contributed by atoms with Crippen molar-refractivity contribution < 1.29 is 19.1 Å². The Morgan fingerprint density at radius 1 is 1.03 bits per heavy atom. The molecule has 1 atom stereocenters. The summed E-state index contributed by atoms with van der Waals surface area (Å²) in [6.45, 7) is 4.07. The molecule has 0 bridgehead atoms. The molecule has 6 heteroatoms. The Balaban J connectivity index is 1.76. The van der Waals surface area contributed by atoms with E-state index in [1.807, 2.05) is 44.2 Å². The third-order valence-electron chi connectivity index (χ3n) is 5.65. The molecule has 4 nitrogen and oxygen atoms in total. The molecule has 0 saturated carbocycles. The molecule has 0 saturated heterocycles. The number of thiophene rings is 1. The van der Waals surface area contributed by atoms with E-state index in [0.717, 1.165) is 21.2 Å². The lowest BCUT2D eigenvalue weighted by Crippen LogP contribution is -2.33. The van der Waals surface area contributed by atoms with E-state index in [1.54, 1.807) is 29.2 Å². The molecule has 1 heterocycles. The molecule has 0 fully saturated rings. The Morgan fingerprint density at radius 3 is 2.44 bits per heavy atom. The summed E-state index contributed by atoms with van der Waals surface area (Å²) in [5.74, 6) is -1.49. The molecular formula is C26H22FNO3S. The fourth-order valence-electron chi connectivity index (χ4n) is 3.81. The number of hydrogen-bond acceptors (Lipinski definition) is 3. The molecule has 1 amide bonds. The molecule has 32 heavy (non-hydrogen) atoms. The highest BCUT2D eigenvalue weighted by atomic mass is 32.1. The number of amides is 1. The molecule has 0 unspecified atom stereocenters. The summed E-state index contributed by atoms with van der Waals surface area (Å²) in [7, 11) is 0. The Hall–Kier alpha value is -3.51. The minimum atomic E-state index is -1.02. The van der Waals surface area contributed by atoms with E-state index in [2.05, 4.69) is 0 Å². The number of rotatable bonds is 6. The first kappa shape index (κ1) is 21.7. The Labute approximate surface area is 189 Å². The summed E-state index contributed by atoms with van der Waals surface area (Å²) in [5, 5.41) is 10.4. The minimum absolute atomic E-state index is 0.138. The standard InChI is InChI=1S/C26H22FNO3S/c1-16-22-8-3-4-9-23(22)32-24(16)25(29)28(17(2)19-10-12-21(27)13-11-19)15-18-6-5-7-20(14-18)26(30)31/h3-14,17H,15H2,1-2H3,(H,30,31)/t17-/m1/s1. The van der Waals surface area contributed by atoms with Crippen LogP contribution in [0.1, 0.15) is 49.7 Å². The average molecular weight is 448 g/mol. The van der Waals surface area contributed by atoms with Gasteiger partial charge in [-0.25, -0.2) is 9.18 Å². The van der Waals surface area contributed by atoms with E-state index in [0.29, 0.717) is 10.4 Å². The lowest BCUT2D eigenvalue weighted by molar-refractivity contribution is 0.0678. The van der Waals surface area contributed by atoms with Gasteiger partial charge >= 0.3 is 5.97 Å². The van der Waals surface area contributed by atoms with Gasteiger partial charge < -0.3 is 10.0 Å². The van der Waals surface area contributed by atoms with Crippen molar-refractivity contribution in [3.8, 4) is 0 Å². The molecule has 0 radical (unpaired) electrons. The van der Waals surface area contributed by atoms with Gasteiger partial charge in [-0.2, -0.15) is 0 Å². The summed E-state index contributed by atoms with van der Waals surface area (Å²) >= 11 is 1.45. The molecule has 0 aliphatic heterocycles. The maximum atomic E-state index is 13.8. The van der Waals surface area contributed by atoms with Gasteiger partial charge in [-0.3, -0.25) is 4.79 Å². The van der Waals surface area contributed by atoms with E-state index in [9.17, 15) is 19.1 Å².